The minimum absolute atomic E-state index is 0.119. The molecule has 156 valence electrons. The molecule has 0 radical (unpaired) electrons. The van der Waals surface area contributed by atoms with Crippen LogP contribution in [0.2, 0.25) is 0 Å². The maximum atomic E-state index is 12.8. The average molecular weight is 424 g/mol. The Labute approximate surface area is 179 Å². The summed E-state index contributed by atoms with van der Waals surface area (Å²) in [7, 11) is -1.09. The number of hydrogen-bond donors (Lipinski definition) is 0. The zero-order chi connectivity index (χ0) is 20.9. The van der Waals surface area contributed by atoms with Crippen molar-refractivity contribution in [1.82, 2.24) is 9.88 Å². The van der Waals surface area contributed by atoms with E-state index in [-0.39, 0.29) is 5.91 Å². The molecule has 1 fully saturated rings. The fourth-order valence-corrected chi connectivity index (χ4v) is 4.62. The summed E-state index contributed by atoms with van der Waals surface area (Å²) < 4.78 is 18.2. The largest absolute Gasteiger partial charge is 0.455 e. The molecule has 1 aliphatic heterocycles. The van der Waals surface area contributed by atoms with Crippen LogP contribution in [0.5, 0.6) is 0 Å². The average Bonchev–Trinajstić information content (AvgIpc) is 3.24. The van der Waals surface area contributed by atoms with Crippen molar-refractivity contribution in [2.75, 3.05) is 31.1 Å². The number of carbonyl (C=O) groups excluding carboxylic acids is 1. The Kier molecular flexibility index (Phi) is 6.28. The van der Waals surface area contributed by atoms with Crippen molar-refractivity contribution in [3.63, 3.8) is 0 Å². The zero-order valence-electron chi connectivity index (χ0n) is 17.0. The SMILES string of the molecule is Cc1ccc(C[S@@](=O)Cc2ccc(C(=O)N3CCN(c4ccccn4)CC3)o2)cc1. The van der Waals surface area contributed by atoms with Gasteiger partial charge in [-0.15, -0.1) is 0 Å². The van der Waals surface area contributed by atoms with Crippen molar-refractivity contribution < 1.29 is 13.4 Å². The molecule has 2 aromatic heterocycles. The van der Waals surface area contributed by atoms with E-state index in [0.717, 1.165) is 24.5 Å². The number of carbonyl (C=O) groups is 1. The van der Waals surface area contributed by atoms with E-state index < -0.39 is 10.8 Å². The quantitative estimate of drug-likeness (QED) is 0.608. The van der Waals surface area contributed by atoms with Gasteiger partial charge in [-0.3, -0.25) is 9.00 Å². The van der Waals surface area contributed by atoms with E-state index in [1.54, 1.807) is 23.2 Å². The van der Waals surface area contributed by atoms with Gasteiger partial charge in [0.2, 0.25) is 0 Å². The molecule has 6 nitrogen and oxygen atoms in total. The van der Waals surface area contributed by atoms with Gasteiger partial charge in [0, 0.05) is 48.9 Å². The normalized spacial score (nSPS) is 15.2. The summed E-state index contributed by atoms with van der Waals surface area (Å²) in [5.41, 5.74) is 2.21. The molecule has 1 amide bonds. The first-order chi connectivity index (χ1) is 14.6. The van der Waals surface area contributed by atoms with Crippen molar-refractivity contribution in [3.05, 3.63) is 83.4 Å². The minimum Gasteiger partial charge on any atom is -0.455 e. The van der Waals surface area contributed by atoms with Gasteiger partial charge >= 0.3 is 0 Å². The van der Waals surface area contributed by atoms with Gasteiger partial charge < -0.3 is 14.2 Å². The van der Waals surface area contributed by atoms with E-state index in [0.29, 0.717) is 36.1 Å². The van der Waals surface area contributed by atoms with Crippen LogP contribution in [0, 0.1) is 6.92 Å². The number of nitrogens with zero attached hydrogens (tertiary/aromatic N) is 3. The Balaban J connectivity index is 1.31. The molecular weight excluding hydrogens is 398 g/mol. The van der Waals surface area contributed by atoms with E-state index in [1.807, 2.05) is 49.4 Å². The van der Waals surface area contributed by atoms with Crippen LogP contribution in [-0.2, 0) is 22.3 Å². The second-order valence-electron chi connectivity index (χ2n) is 7.45. The number of furan rings is 1. The van der Waals surface area contributed by atoms with Crippen molar-refractivity contribution in [2.24, 2.45) is 0 Å². The molecule has 4 rings (SSSR count). The van der Waals surface area contributed by atoms with Crippen LogP contribution in [0.4, 0.5) is 5.82 Å². The fraction of sp³-hybridized carbons (Fsp3) is 0.304. The lowest BCUT2D eigenvalue weighted by atomic mass is 10.2. The predicted octanol–water partition coefficient (Wildman–Crippen LogP) is 3.39. The van der Waals surface area contributed by atoms with Gasteiger partial charge in [0.15, 0.2) is 5.76 Å². The number of aromatic nitrogens is 1. The van der Waals surface area contributed by atoms with Gasteiger partial charge in [0.05, 0.1) is 5.75 Å². The standard InChI is InChI=1S/C23H25N3O3S/c1-18-5-7-19(8-6-18)16-30(28)17-20-9-10-21(29-20)23(27)26-14-12-25(13-15-26)22-4-2-3-11-24-22/h2-11H,12-17H2,1H3/t30-/m1/s1. The molecule has 1 aromatic carbocycles. The lowest BCUT2D eigenvalue weighted by Gasteiger charge is -2.34. The molecule has 0 unspecified atom stereocenters. The van der Waals surface area contributed by atoms with Gasteiger partial charge in [0.1, 0.15) is 11.6 Å². The number of aryl methyl sites for hydroxylation is 1. The van der Waals surface area contributed by atoms with Gasteiger partial charge in [-0.05, 0) is 36.8 Å². The molecule has 0 bridgehead atoms. The maximum Gasteiger partial charge on any atom is 0.289 e. The Morgan fingerprint density at radius 3 is 2.47 bits per heavy atom. The highest BCUT2D eigenvalue weighted by Gasteiger charge is 2.25. The molecule has 1 atom stereocenters. The summed E-state index contributed by atoms with van der Waals surface area (Å²) in [4.78, 5) is 21.1. The van der Waals surface area contributed by atoms with Crippen molar-refractivity contribution in [2.45, 2.75) is 18.4 Å². The van der Waals surface area contributed by atoms with E-state index in [4.69, 9.17) is 4.42 Å². The fourth-order valence-electron chi connectivity index (χ4n) is 3.49. The molecule has 1 aliphatic rings. The Bertz CT molecular complexity index is 1010. The van der Waals surface area contributed by atoms with Crippen molar-refractivity contribution >= 4 is 22.5 Å². The second-order valence-corrected chi connectivity index (χ2v) is 8.90. The van der Waals surface area contributed by atoms with Gasteiger partial charge in [0.25, 0.3) is 5.91 Å². The van der Waals surface area contributed by atoms with Crippen LogP contribution in [0.3, 0.4) is 0 Å². The molecule has 0 saturated carbocycles. The van der Waals surface area contributed by atoms with Crippen LogP contribution in [0.1, 0.15) is 27.4 Å². The Morgan fingerprint density at radius 1 is 1.00 bits per heavy atom. The molecule has 3 aromatic rings. The van der Waals surface area contributed by atoms with Gasteiger partial charge in [-0.2, -0.15) is 0 Å². The van der Waals surface area contributed by atoms with Crippen LogP contribution < -0.4 is 4.90 Å². The van der Waals surface area contributed by atoms with Gasteiger partial charge in [-0.25, -0.2) is 4.98 Å². The topological polar surface area (TPSA) is 66.7 Å². The van der Waals surface area contributed by atoms with E-state index in [1.165, 1.54) is 5.56 Å². The second kappa shape index (κ2) is 9.26. The number of hydrogen-bond acceptors (Lipinski definition) is 5. The monoisotopic (exact) mass is 423 g/mol. The number of piperazine rings is 1. The first kappa shape index (κ1) is 20.3. The molecule has 0 N–H and O–H groups in total. The first-order valence-corrected chi connectivity index (χ1v) is 11.5. The molecule has 1 saturated heterocycles. The van der Waals surface area contributed by atoms with E-state index >= 15 is 0 Å². The molecule has 7 heteroatoms. The Hall–Kier alpha value is -2.93. The summed E-state index contributed by atoms with van der Waals surface area (Å²) >= 11 is 0. The number of pyridine rings is 1. The summed E-state index contributed by atoms with van der Waals surface area (Å²) in [6.07, 6.45) is 1.78. The summed E-state index contributed by atoms with van der Waals surface area (Å²) in [6, 6.07) is 17.3. The van der Waals surface area contributed by atoms with Crippen molar-refractivity contribution in [3.8, 4) is 0 Å². The van der Waals surface area contributed by atoms with Crippen LogP contribution in [0.25, 0.3) is 0 Å². The highest BCUT2D eigenvalue weighted by Crippen LogP contribution is 2.17. The highest BCUT2D eigenvalue weighted by molar-refractivity contribution is 7.83. The molecular formula is C23H25N3O3S. The number of rotatable bonds is 6. The maximum absolute atomic E-state index is 12.8. The molecule has 0 aliphatic carbocycles. The lowest BCUT2D eigenvalue weighted by molar-refractivity contribution is 0.0713. The summed E-state index contributed by atoms with van der Waals surface area (Å²) in [5, 5.41) is 0. The number of amides is 1. The zero-order valence-corrected chi connectivity index (χ0v) is 17.8. The van der Waals surface area contributed by atoms with Crippen molar-refractivity contribution in [1.29, 1.82) is 0 Å². The third-order valence-electron chi connectivity index (χ3n) is 5.16. The summed E-state index contributed by atoms with van der Waals surface area (Å²) in [5.74, 6) is 2.47. The third-order valence-corrected chi connectivity index (χ3v) is 6.43. The highest BCUT2D eigenvalue weighted by atomic mass is 32.2. The molecule has 30 heavy (non-hydrogen) atoms. The predicted molar refractivity (Wildman–Crippen MR) is 118 cm³/mol. The lowest BCUT2D eigenvalue weighted by Crippen LogP contribution is -2.49. The van der Waals surface area contributed by atoms with E-state index in [9.17, 15) is 9.00 Å². The number of benzene rings is 1. The number of anilines is 1. The van der Waals surface area contributed by atoms with Crippen LogP contribution in [0.15, 0.2) is 65.2 Å². The van der Waals surface area contributed by atoms with Crippen LogP contribution >= 0.6 is 0 Å². The summed E-state index contributed by atoms with van der Waals surface area (Å²) in [6.45, 7) is 4.73. The van der Waals surface area contributed by atoms with Crippen LogP contribution in [-0.4, -0.2) is 46.2 Å². The third kappa shape index (κ3) is 4.97. The first-order valence-electron chi connectivity index (χ1n) is 10.0. The molecule has 0 spiro atoms. The minimum atomic E-state index is -1.09. The molecule has 3 heterocycles. The Morgan fingerprint density at radius 2 is 1.77 bits per heavy atom. The van der Waals surface area contributed by atoms with Gasteiger partial charge in [-0.1, -0.05) is 35.9 Å². The van der Waals surface area contributed by atoms with E-state index in [2.05, 4.69) is 9.88 Å². The smallest absolute Gasteiger partial charge is 0.289 e.